The van der Waals surface area contributed by atoms with Crippen LogP contribution in [0.4, 0.5) is 4.39 Å². The zero-order valence-corrected chi connectivity index (χ0v) is 9.29. The lowest BCUT2D eigenvalue weighted by Crippen LogP contribution is -1.99. The number of halogens is 1. The van der Waals surface area contributed by atoms with Crippen LogP contribution in [-0.2, 0) is 4.74 Å². The molecule has 1 aromatic rings. The van der Waals surface area contributed by atoms with Crippen molar-refractivity contribution in [2.45, 2.75) is 38.7 Å². The van der Waals surface area contributed by atoms with E-state index in [-0.39, 0.29) is 17.8 Å². The van der Waals surface area contributed by atoms with Gasteiger partial charge in [-0.1, -0.05) is 26.0 Å². The van der Waals surface area contributed by atoms with Crippen molar-refractivity contribution in [3.63, 3.8) is 0 Å². The third-order valence-electron chi connectivity index (χ3n) is 2.95. The van der Waals surface area contributed by atoms with Gasteiger partial charge in [-0.15, -0.1) is 0 Å². The van der Waals surface area contributed by atoms with Crippen LogP contribution in [0.1, 0.15) is 49.8 Å². The lowest BCUT2D eigenvalue weighted by molar-refractivity contribution is 0.111. The van der Waals surface area contributed by atoms with E-state index >= 15 is 0 Å². The van der Waals surface area contributed by atoms with Crippen LogP contribution in [0, 0.1) is 5.82 Å². The van der Waals surface area contributed by atoms with Gasteiger partial charge in [-0.25, -0.2) is 4.39 Å². The molecule has 1 fully saturated rings. The van der Waals surface area contributed by atoms with E-state index in [1.54, 1.807) is 6.07 Å². The number of hydrogen-bond donors (Lipinski definition) is 0. The van der Waals surface area contributed by atoms with Crippen molar-refractivity contribution < 1.29 is 9.13 Å². The molecule has 1 aliphatic rings. The van der Waals surface area contributed by atoms with Crippen molar-refractivity contribution in [3.05, 3.63) is 35.1 Å². The fourth-order valence-corrected chi connectivity index (χ4v) is 2.05. The van der Waals surface area contributed by atoms with Crippen LogP contribution in [0.15, 0.2) is 18.2 Å². The fraction of sp³-hybridized carbons (Fsp3) is 0.538. The summed E-state index contributed by atoms with van der Waals surface area (Å²) in [6, 6.07) is 5.51. The van der Waals surface area contributed by atoms with E-state index in [4.69, 9.17) is 4.74 Å². The van der Waals surface area contributed by atoms with Crippen molar-refractivity contribution in [3.8, 4) is 0 Å². The molecule has 1 aromatic carbocycles. The van der Waals surface area contributed by atoms with Gasteiger partial charge in [0.25, 0.3) is 0 Å². The number of benzene rings is 1. The molecule has 1 nitrogen and oxygen atoms in total. The number of ether oxygens (including phenoxy) is 1. The standard InChI is InChI=1S/C13H17FO/c1-9(2)11-6-5-10(8-12(11)14)13-4-3-7-15-13/h5-6,8-9,13H,3-4,7H2,1-2H3. The Bertz CT molecular complexity index is 340. The predicted molar refractivity (Wildman–Crippen MR) is 58.4 cm³/mol. The molecule has 0 aliphatic carbocycles. The van der Waals surface area contributed by atoms with Crippen LogP contribution in [0.5, 0.6) is 0 Å². The van der Waals surface area contributed by atoms with Gasteiger partial charge in [-0.3, -0.25) is 0 Å². The highest BCUT2D eigenvalue weighted by atomic mass is 19.1. The molecule has 2 heteroatoms. The van der Waals surface area contributed by atoms with Crippen molar-refractivity contribution in [1.82, 2.24) is 0 Å². The minimum Gasteiger partial charge on any atom is -0.374 e. The molecule has 0 spiro atoms. The zero-order chi connectivity index (χ0) is 10.8. The summed E-state index contributed by atoms with van der Waals surface area (Å²) >= 11 is 0. The molecule has 15 heavy (non-hydrogen) atoms. The van der Waals surface area contributed by atoms with E-state index in [0.29, 0.717) is 0 Å². The Morgan fingerprint density at radius 3 is 2.73 bits per heavy atom. The summed E-state index contributed by atoms with van der Waals surface area (Å²) in [5.41, 5.74) is 1.77. The average Bonchev–Trinajstić information content (AvgIpc) is 2.69. The smallest absolute Gasteiger partial charge is 0.127 e. The molecule has 1 heterocycles. The Kier molecular flexibility index (Phi) is 3.06. The van der Waals surface area contributed by atoms with Crippen LogP contribution in [-0.4, -0.2) is 6.61 Å². The second-order valence-electron chi connectivity index (χ2n) is 4.44. The summed E-state index contributed by atoms with van der Waals surface area (Å²) in [5, 5.41) is 0. The predicted octanol–water partition coefficient (Wildman–Crippen LogP) is 3.80. The lowest BCUT2D eigenvalue weighted by atomic mass is 9.98. The highest BCUT2D eigenvalue weighted by Gasteiger charge is 2.19. The molecule has 0 saturated carbocycles. The minimum atomic E-state index is -0.0991. The Balaban J connectivity index is 2.24. The normalized spacial score (nSPS) is 21.2. The van der Waals surface area contributed by atoms with E-state index in [9.17, 15) is 4.39 Å². The maximum Gasteiger partial charge on any atom is 0.127 e. The SMILES string of the molecule is CC(C)c1ccc(C2CCCO2)cc1F. The molecule has 82 valence electrons. The largest absolute Gasteiger partial charge is 0.374 e. The number of rotatable bonds is 2. The van der Waals surface area contributed by atoms with Gasteiger partial charge in [0.05, 0.1) is 6.10 Å². The number of hydrogen-bond acceptors (Lipinski definition) is 1. The van der Waals surface area contributed by atoms with Gasteiger partial charge in [0.2, 0.25) is 0 Å². The molecular formula is C13H17FO. The summed E-state index contributed by atoms with van der Waals surface area (Å²) in [4.78, 5) is 0. The van der Waals surface area contributed by atoms with E-state index in [1.807, 2.05) is 26.0 Å². The summed E-state index contributed by atoms with van der Waals surface area (Å²) in [5.74, 6) is 0.140. The third kappa shape index (κ3) is 2.20. The molecule has 1 unspecified atom stereocenters. The van der Waals surface area contributed by atoms with E-state index < -0.39 is 0 Å². The summed E-state index contributed by atoms with van der Waals surface area (Å²) in [6.45, 7) is 4.81. The molecule has 0 amide bonds. The average molecular weight is 208 g/mol. The first-order chi connectivity index (χ1) is 7.18. The highest BCUT2D eigenvalue weighted by molar-refractivity contribution is 5.28. The van der Waals surface area contributed by atoms with Crippen LogP contribution in [0.2, 0.25) is 0 Å². The van der Waals surface area contributed by atoms with Crippen molar-refractivity contribution in [1.29, 1.82) is 0 Å². The summed E-state index contributed by atoms with van der Waals surface area (Å²) in [6.07, 6.45) is 2.21. The molecule has 0 bridgehead atoms. The Morgan fingerprint density at radius 2 is 2.20 bits per heavy atom. The molecule has 0 aromatic heterocycles. The van der Waals surface area contributed by atoms with Gasteiger partial charge in [-0.2, -0.15) is 0 Å². The van der Waals surface area contributed by atoms with Gasteiger partial charge in [0.1, 0.15) is 5.82 Å². The summed E-state index contributed by atoms with van der Waals surface area (Å²) < 4.78 is 19.2. The Morgan fingerprint density at radius 1 is 1.40 bits per heavy atom. The molecular weight excluding hydrogens is 191 g/mol. The fourth-order valence-electron chi connectivity index (χ4n) is 2.05. The van der Waals surface area contributed by atoms with E-state index in [2.05, 4.69) is 0 Å². The lowest BCUT2D eigenvalue weighted by Gasteiger charge is -2.13. The topological polar surface area (TPSA) is 9.23 Å². The van der Waals surface area contributed by atoms with Crippen LogP contribution in [0.3, 0.4) is 0 Å². The van der Waals surface area contributed by atoms with Gasteiger partial charge < -0.3 is 4.74 Å². The van der Waals surface area contributed by atoms with Crippen molar-refractivity contribution in [2.24, 2.45) is 0 Å². The maximum absolute atomic E-state index is 13.7. The molecule has 0 radical (unpaired) electrons. The first-order valence-electron chi connectivity index (χ1n) is 5.59. The molecule has 0 N–H and O–H groups in total. The monoisotopic (exact) mass is 208 g/mol. The second-order valence-corrected chi connectivity index (χ2v) is 4.44. The molecule has 1 aliphatic heterocycles. The van der Waals surface area contributed by atoms with Crippen molar-refractivity contribution in [2.75, 3.05) is 6.61 Å². The van der Waals surface area contributed by atoms with Gasteiger partial charge in [0.15, 0.2) is 0 Å². The van der Waals surface area contributed by atoms with Gasteiger partial charge >= 0.3 is 0 Å². The molecule has 2 rings (SSSR count). The Hall–Kier alpha value is -0.890. The summed E-state index contributed by atoms with van der Waals surface area (Å²) in [7, 11) is 0. The van der Waals surface area contributed by atoms with E-state index in [1.165, 1.54) is 0 Å². The quantitative estimate of drug-likeness (QED) is 0.718. The first-order valence-corrected chi connectivity index (χ1v) is 5.59. The third-order valence-corrected chi connectivity index (χ3v) is 2.95. The zero-order valence-electron chi connectivity index (χ0n) is 9.29. The van der Waals surface area contributed by atoms with Gasteiger partial charge in [0, 0.05) is 6.61 Å². The first kappa shape index (κ1) is 10.6. The van der Waals surface area contributed by atoms with Crippen LogP contribution in [0.25, 0.3) is 0 Å². The minimum absolute atomic E-state index is 0.0991. The highest BCUT2D eigenvalue weighted by Crippen LogP contribution is 2.30. The second kappa shape index (κ2) is 4.31. The Labute approximate surface area is 90.3 Å². The molecule has 1 atom stereocenters. The maximum atomic E-state index is 13.7. The van der Waals surface area contributed by atoms with E-state index in [0.717, 1.165) is 30.6 Å². The van der Waals surface area contributed by atoms with Crippen LogP contribution < -0.4 is 0 Å². The molecule has 1 saturated heterocycles. The van der Waals surface area contributed by atoms with Gasteiger partial charge in [-0.05, 0) is 36.0 Å². The van der Waals surface area contributed by atoms with Crippen LogP contribution >= 0.6 is 0 Å². The van der Waals surface area contributed by atoms with Crippen molar-refractivity contribution >= 4 is 0 Å².